The Hall–Kier alpha value is -5.80. The summed E-state index contributed by atoms with van der Waals surface area (Å²) in [6, 6.07) is 41.6. The van der Waals surface area contributed by atoms with Gasteiger partial charge in [-0.15, -0.1) is 10.9 Å². The number of imidazole rings is 1. The van der Waals surface area contributed by atoms with Gasteiger partial charge in [-0.05, 0) is 102 Å². The number of nitrogens with zero attached hydrogens (tertiary/aromatic N) is 2. The summed E-state index contributed by atoms with van der Waals surface area (Å²) in [5, 5.41) is 19.1. The lowest BCUT2D eigenvalue weighted by molar-refractivity contribution is 0.484. The summed E-state index contributed by atoms with van der Waals surface area (Å²) in [5.74, 6) is 1.41. The van der Waals surface area contributed by atoms with Gasteiger partial charge in [-0.3, -0.25) is 4.57 Å². The number of phenolic OH excluding ortho intramolecular Hbond substituents is 1. The molecule has 0 aliphatic rings. The molecule has 0 atom stereocenters. The molecule has 1 aromatic heterocycles. The smallest absolute Gasteiger partial charge is 0.145 e. The maximum absolute atomic E-state index is 11.9. The average molecular weight is 702 g/mol. The van der Waals surface area contributed by atoms with Crippen molar-refractivity contribution in [2.45, 2.75) is 20.3 Å². The normalized spacial score (nSPS) is 11.7. The predicted octanol–water partition coefficient (Wildman–Crippen LogP) is 1.61. The lowest BCUT2D eigenvalue weighted by Crippen LogP contribution is -2.48. The van der Waals surface area contributed by atoms with Crippen LogP contribution in [0.2, 0.25) is 0 Å². The molecule has 0 aliphatic carbocycles. The van der Waals surface area contributed by atoms with Gasteiger partial charge in [0.05, 0.1) is 16.7 Å². The Kier molecular flexibility index (Phi) is 8.38. The van der Waals surface area contributed by atoms with Gasteiger partial charge >= 0.3 is 0 Å². The van der Waals surface area contributed by atoms with Crippen molar-refractivity contribution in [3.63, 3.8) is 0 Å². The first-order valence-corrected chi connectivity index (χ1v) is 19.4. The van der Waals surface area contributed by atoms with Crippen LogP contribution in [0.1, 0.15) is 18.3 Å². The van der Waals surface area contributed by atoms with Crippen molar-refractivity contribution in [3.8, 4) is 44.8 Å². The van der Waals surface area contributed by atoms with Crippen molar-refractivity contribution in [2.75, 3.05) is 0 Å². The van der Waals surface area contributed by atoms with Crippen LogP contribution in [0.25, 0.3) is 82.4 Å². The first-order chi connectivity index (χ1) is 26.6. The molecule has 0 unspecified atom stereocenters. The minimum atomic E-state index is 0.368. The number of aromatic nitrogens is 2. The molecule has 0 bridgehead atoms. The van der Waals surface area contributed by atoms with Crippen LogP contribution in [-0.4, -0.2) is 61.7 Å². The molecule has 0 radical (unpaired) electrons. The third-order valence-electron chi connectivity index (χ3n) is 12.6. The van der Waals surface area contributed by atoms with E-state index in [0.29, 0.717) is 5.75 Å². The van der Waals surface area contributed by atoms with Gasteiger partial charge in [-0.1, -0.05) is 115 Å². The van der Waals surface area contributed by atoms with E-state index in [4.69, 9.17) is 4.98 Å². The molecule has 3 nitrogen and oxygen atoms in total. The van der Waals surface area contributed by atoms with E-state index in [1.54, 1.807) is 0 Å². The van der Waals surface area contributed by atoms with Gasteiger partial charge < -0.3 is 5.11 Å². The van der Waals surface area contributed by atoms with E-state index < -0.39 is 0 Å². The molecule has 1 N–H and O–H groups in total. The Morgan fingerprint density at radius 2 is 1.09 bits per heavy atom. The largest absolute Gasteiger partial charge is 0.509 e. The molecule has 9 heteroatoms. The van der Waals surface area contributed by atoms with Crippen LogP contribution in [0, 0.1) is 6.92 Å². The van der Waals surface area contributed by atoms with E-state index in [0.717, 1.165) is 50.8 Å². The first kappa shape index (κ1) is 34.9. The molecular formula is C46H40B6N2O. The molecule has 0 spiro atoms. The zero-order chi connectivity index (χ0) is 38.3. The van der Waals surface area contributed by atoms with Crippen LogP contribution in [0.3, 0.4) is 0 Å². The minimum absolute atomic E-state index is 0.368. The molecule has 9 rings (SSSR count). The summed E-state index contributed by atoms with van der Waals surface area (Å²) < 4.78 is 2.34. The number of hydrogen-bond donors (Lipinski definition) is 1. The molecule has 0 amide bonds. The highest BCUT2D eigenvalue weighted by Crippen LogP contribution is 2.46. The first-order valence-electron chi connectivity index (χ1n) is 19.4. The fraction of sp³-hybridized carbons (Fsp3) is 0.0652. The molecule has 0 saturated heterocycles. The molecule has 8 aromatic carbocycles. The number of aromatic hydroxyl groups is 1. The van der Waals surface area contributed by atoms with Crippen molar-refractivity contribution in [1.29, 1.82) is 0 Å². The summed E-state index contributed by atoms with van der Waals surface area (Å²) in [6.07, 6.45) is 0.821. The Bertz CT molecular complexity index is 2970. The molecule has 1 heterocycles. The average Bonchev–Trinajstić information content (AvgIpc) is 3.61. The van der Waals surface area contributed by atoms with Crippen molar-refractivity contribution >= 4 is 123 Å². The Balaban J connectivity index is 1.46. The van der Waals surface area contributed by atoms with Crippen LogP contribution in [-0.2, 0) is 6.42 Å². The highest BCUT2D eigenvalue weighted by atomic mass is 16.3. The second-order valence-electron chi connectivity index (χ2n) is 15.3. The van der Waals surface area contributed by atoms with E-state index >= 15 is 0 Å². The summed E-state index contributed by atoms with van der Waals surface area (Å²) in [6.45, 7) is 4.37. The molecule has 55 heavy (non-hydrogen) atoms. The topological polar surface area (TPSA) is 38.0 Å². The summed E-state index contributed by atoms with van der Waals surface area (Å²) in [4.78, 5) is 5.05. The summed E-state index contributed by atoms with van der Waals surface area (Å²) in [5.41, 5.74) is 18.5. The van der Waals surface area contributed by atoms with E-state index in [-0.39, 0.29) is 0 Å². The Labute approximate surface area is 328 Å². The van der Waals surface area contributed by atoms with E-state index in [1.165, 1.54) is 82.2 Å². The highest BCUT2D eigenvalue weighted by Gasteiger charge is 2.27. The van der Waals surface area contributed by atoms with Crippen molar-refractivity contribution < 1.29 is 5.11 Å². The fourth-order valence-electron chi connectivity index (χ4n) is 9.25. The number of phenols is 1. The highest BCUT2D eigenvalue weighted by molar-refractivity contribution is 6.68. The van der Waals surface area contributed by atoms with Gasteiger partial charge in [-0.2, -0.15) is 0 Å². The monoisotopic (exact) mass is 702 g/mol. The molecule has 9 aromatic rings. The van der Waals surface area contributed by atoms with Crippen LogP contribution in [0.4, 0.5) is 0 Å². The van der Waals surface area contributed by atoms with Crippen molar-refractivity contribution in [2.24, 2.45) is 0 Å². The van der Waals surface area contributed by atoms with E-state index in [2.05, 4.69) is 181 Å². The maximum atomic E-state index is 11.9. The third-order valence-corrected chi connectivity index (χ3v) is 12.6. The fourth-order valence-corrected chi connectivity index (χ4v) is 9.25. The number of aryl methyl sites for hydroxylation is 2. The number of rotatable bonds is 5. The number of hydrogen-bond acceptors (Lipinski definition) is 2. The summed E-state index contributed by atoms with van der Waals surface area (Å²) in [7, 11) is 13.3. The molecular weight excluding hydrogens is 661 g/mol. The van der Waals surface area contributed by atoms with Crippen LogP contribution >= 0.6 is 0 Å². The van der Waals surface area contributed by atoms with Gasteiger partial charge in [0.2, 0.25) is 0 Å². The molecule has 0 saturated carbocycles. The second kappa shape index (κ2) is 13.2. The number of fused-ring (bicyclic) bond motifs is 4. The zero-order valence-corrected chi connectivity index (χ0v) is 33.0. The lowest BCUT2D eigenvalue weighted by atomic mass is 9.61. The van der Waals surface area contributed by atoms with Gasteiger partial charge in [0.25, 0.3) is 0 Å². The van der Waals surface area contributed by atoms with Crippen LogP contribution < -0.4 is 32.8 Å². The van der Waals surface area contributed by atoms with Crippen molar-refractivity contribution in [3.05, 3.63) is 127 Å². The molecule has 0 fully saturated rings. The SMILES string of the molecule is Bc1c(B)c(B)c2c(-c3ccc(-c4ccccc4)cc3)c3c(C)c(B)c(O)c(B)c3c(-c3ccc(-n4c(CC)nc5ccccc54)c4ccccc34)c2c1B. The van der Waals surface area contributed by atoms with Gasteiger partial charge in [0.1, 0.15) is 58.7 Å². The maximum Gasteiger partial charge on any atom is 0.145 e. The predicted molar refractivity (Wildman–Crippen MR) is 255 cm³/mol. The van der Waals surface area contributed by atoms with Crippen molar-refractivity contribution in [1.82, 2.24) is 9.55 Å². The molecule has 0 aliphatic heterocycles. The minimum Gasteiger partial charge on any atom is -0.509 e. The Morgan fingerprint density at radius 1 is 0.527 bits per heavy atom. The second-order valence-corrected chi connectivity index (χ2v) is 15.3. The van der Waals surface area contributed by atoms with Crippen LogP contribution in [0.5, 0.6) is 5.75 Å². The van der Waals surface area contributed by atoms with E-state index in [9.17, 15) is 5.11 Å². The van der Waals surface area contributed by atoms with Gasteiger partial charge in [0.15, 0.2) is 0 Å². The number of para-hydroxylation sites is 2. The zero-order valence-electron chi connectivity index (χ0n) is 33.0. The summed E-state index contributed by atoms with van der Waals surface area (Å²) >= 11 is 0. The van der Waals surface area contributed by atoms with E-state index in [1.807, 2.05) is 0 Å². The van der Waals surface area contributed by atoms with Crippen LogP contribution in [0.15, 0.2) is 115 Å². The quantitative estimate of drug-likeness (QED) is 0.219. The standard InChI is InChI=1S/C46H40B6N2O/c1-3-33-53-30-15-9-10-16-32(30)54(33)31-22-21-29(27-13-7-8-14-28(27)31)36-37-34(23(2)40(47)46(55)43(37)50)35(38-39(36)42(49)45(52)44(51)41(38)48)26-19-17-25(18-20-26)24-11-5-4-6-12-24/h4-22,55H,3,47-52H2,1-2H3. The van der Waals surface area contributed by atoms with Gasteiger partial charge in [0, 0.05) is 11.8 Å². The lowest BCUT2D eigenvalue weighted by Gasteiger charge is -2.28. The molecule has 258 valence electrons. The number of benzene rings is 8. The third kappa shape index (κ3) is 5.16. The van der Waals surface area contributed by atoms with Gasteiger partial charge in [-0.25, -0.2) is 4.98 Å². The Morgan fingerprint density at radius 3 is 1.78 bits per heavy atom.